The monoisotopic (exact) mass is 473 g/mol. The van der Waals surface area contributed by atoms with E-state index in [4.69, 9.17) is 4.74 Å². The van der Waals surface area contributed by atoms with E-state index in [-0.39, 0.29) is 16.6 Å². The lowest BCUT2D eigenvalue weighted by Gasteiger charge is -2.09. The Hall–Kier alpha value is -2.64. The number of hydrogen-bond donors (Lipinski definition) is 1. The fraction of sp³-hybridized carbons (Fsp3) is 0.136. The number of hydrogen-bond acceptors (Lipinski definition) is 4. The zero-order valence-corrected chi connectivity index (χ0v) is 17.9. The molecule has 0 bridgehead atoms. The normalized spacial score (nSPS) is 11.1. The Morgan fingerprint density at radius 3 is 2.45 bits per heavy atom. The van der Waals surface area contributed by atoms with Gasteiger partial charge in [-0.1, -0.05) is 52.3 Å². The number of carbonyl (C=O) groups excluding carboxylic acids is 1. The zero-order chi connectivity index (χ0) is 20.7. The van der Waals surface area contributed by atoms with Gasteiger partial charge in [-0.15, -0.1) is 0 Å². The molecule has 0 heterocycles. The van der Waals surface area contributed by atoms with Crippen LogP contribution in [0.25, 0.3) is 0 Å². The van der Waals surface area contributed by atoms with Crippen LogP contribution in [0.15, 0.2) is 88.2 Å². The summed E-state index contributed by atoms with van der Waals surface area (Å²) in [6, 6.07) is 22.4. The van der Waals surface area contributed by atoms with Crippen LogP contribution >= 0.6 is 15.9 Å². The third kappa shape index (κ3) is 6.17. The van der Waals surface area contributed by atoms with E-state index < -0.39 is 9.84 Å². The fourth-order valence-corrected chi connectivity index (χ4v) is 4.46. The van der Waals surface area contributed by atoms with Crippen LogP contribution in [-0.4, -0.2) is 27.5 Å². The van der Waals surface area contributed by atoms with Gasteiger partial charge in [-0.05, 0) is 48.0 Å². The van der Waals surface area contributed by atoms with Gasteiger partial charge < -0.3 is 10.1 Å². The second kappa shape index (κ2) is 9.71. The number of ether oxygens (including phenoxy) is 1. The van der Waals surface area contributed by atoms with Gasteiger partial charge in [0.2, 0.25) is 0 Å². The largest absolute Gasteiger partial charge is 0.492 e. The summed E-state index contributed by atoms with van der Waals surface area (Å²) >= 11 is 3.37. The Morgan fingerprint density at radius 2 is 1.69 bits per heavy atom. The number of sulfone groups is 1. The average Bonchev–Trinajstić information content (AvgIpc) is 2.72. The Balaban J connectivity index is 1.56. The van der Waals surface area contributed by atoms with E-state index in [9.17, 15) is 13.2 Å². The molecule has 0 aliphatic rings. The van der Waals surface area contributed by atoms with Crippen molar-refractivity contribution in [1.82, 2.24) is 5.32 Å². The smallest absolute Gasteiger partial charge is 0.251 e. The third-order valence-electron chi connectivity index (χ3n) is 4.10. The van der Waals surface area contributed by atoms with E-state index >= 15 is 0 Å². The maximum Gasteiger partial charge on any atom is 0.251 e. The lowest BCUT2D eigenvalue weighted by atomic mass is 10.1. The molecular formula is C22H20BrNO4S. The van der Waals surface area contributed by atoms with Gasteiger partial charge in [0.25, 0.3) is 5.91 Å². The predicted octanol–water partition coefficient (Wildman–Crippen LogP) is 4.23. The molecule has 3 aromatic rings. The van der Waals surface area contributed by atoms with Gasteiger partial charge in [0.15, 0.2) is 9.84 Å². The first-order chi connectivity index (χ1) is 13.9. The van der Waals surface area contributed by atoms with Crippen LogP contribution < -0.4 is 10.1 Å². The first-order valence-electron chi connectivity index (χ1n) is 8.97. The number of halogens is 1. The van der Waals surface area contributed by atoms with Gasteiger partial charge in [0.1, 0.15) is 12.4 Å². The summed E-state index contributed by atoms with van der Waals surface area (Å²) in [4.78, 5) is 12.6. The van der Waals surface area contributed by atoms with E-state index in [0.29, 0.717) is 30.0 Å². The third-order valence-corrected chi connectivity index (χ3v) is 6.30. The molecule has 150 valence electrons. The van der Waals surface area contributed by atoms with Crippen molar-refractivity contribution in [2.45, 2.75) is 10.6 Å². The molecule has 0 saturated carbocycles. The van der Waals surface area contributed by atoms with Crippen LogP contribution in [0, 0.1) is 0 Å². The number of carbonyl (C=O) groups is 1. The van der Waals surface area contributed by atoms with Crippen molar-refractivity contribution >= 4 is 31.7 Å². The lowest BCUT2D eigenvalue weighted by Crippen LogP contribution is -2.28. The molecule has 7 heteroatoms. The summed E-state index contributed by atoms with van der Waals surface area (Å²) in [7, 11) is -3.47. The van der Waals surface area contributed by atoms with Gasteiger partial charge in [-0.3, -0.25) is 4.79 Å². The molecule has 1 amide bonds. The van der Waals surface area contributed by atoms with Crippen molar-refractivity contribution in [2.75, 3.05) is 13.2 Å². The lowest BCUT2D eigenvalue weighted by molar-refractivity contribution is 0.0947. The highest BCUT2D eigenvalue weighted by atomic mass is 79.9. The molecule has 0 radical (unpaired) electrons. The second-order valence-electron chi connectivity index (χ2n) is 6.33. The molecule has 0 unspecified atom stereocenters. The maximum absolute atomic E-state index is 12.5. The standard InChI is InChI=1S/C22H20BrNO4S/c23-19-8-5-9-20(15-19)28-13-12-24-22(25)18-7-4-6-17(14-18)16-29(26,27)21-10-2-1-3-11-21/h1-11,14-15H,12-13,16H2,(H,24,25). The van der Waals surface area contributed by atoms with Gasteiger partial charge in [-0.2, -0.15) is 0 Å². The van der Waals surface area contributed by atoms with Crippen molar-refractivity contribution in [1.29, 1.82) is 0 Å². The minimum absolute atomic E-state index is 0.163. The molecule has 3 rings (SSSR count). The molecule has 0 aliphatic carbocycles. The van der Waals surface area contributed by atoms with Crippen LogP contribution in [0.1, 0.15) is 15.9 Å². The highest BCUT2D eigenvalue weighted by Gasteiger charge is 2.16. The van der Waals surface area contributed by atoms with E-state index in [1.807, 2.05) is 24.3 Å². The maximum atomic E-state index is 12.5. The fourth-order valence-electron chi connectivity index (χ4n) is 2.73. The van der Waals surface area contributed by atoms with E-state index in [1.54, 1.807) is 54.6 Å². The number of nitrogens with one attached hydrogen (secondary N) is 1. The molecule has 0 aliphatic heterocycles. The van der Waals surface area contributed by atoms with Crippen LogP contribution in [0.2, 0.25) is 0 Å². The SMILES string of the molecule is O=C(NCCOc1cccc(Br)c1)c1cccc(CS(=O)(=O)c2ccccc2)c1. The van der Waals surface area contributed by atoms with Gasteiger partial charge >= 0.3 is 0 Å². The van der Waals surface area contributed by atoms with E-state index in [0.717, 1.165) is 4.47 Å². The molecule has 0 atom stereocenters. The summed E-state index contributed by atoms with van der Waals surface area (Å²) in [6.45, 7) is 0.655. The molecule has 0 aromatic heterocycles. The summed E-state index contributed by atoms with van der Waals surface area (Å²) in [5.74, 6) is 0.271. The first kappa shape index (κ1) is 21.1. The van der Waals surface area contributed by atoms with E-state index in [2.05, 4.69) is 21.2 Å². The minimum Gasteiger partial charge on any atom is -0.492 e. The molecule has 0 fully saturated rings. The Morgan fingerprint density at radius 1 is 0.931 bits per heavy atom. The molecule has 1 N–H and O–H groups in total. The second-order valence-corrected chi connectivity index (χ2v) is 9.24. The van der Waals surface area contributed by atoms with Gasteiger partial charge in [-0.25, -0.2) is 8.42 Å². The summed E-state index contributed by atoms with van der Waals surface area (Å²) < 4.78 is 31.6. The molecule has 5 nitrogen and oxygen atoms in total. The highest BCUT2D eigenvalue weighted by molar-refractivity contribution is 9.10. The molecule has 3 aromatic carbocycles. The highest BCUT2D eigenvalue weighted by Crippen LogP contribution is 2.18. The molecule has 0 saturated heterocycles. The van der Waals surface area contributed by atoms with E-state index in [1.165, 1.54) is 0 Å². The van der Waals surface area contributed by atoms with Gasteiger partial charge in [0.05, 0.1) is 17.2 Å². The summed E-state index contributed by atoms with van der Waals surface area (Å²) in [5.41, 5.74) is 0.972. The van der Waals surface area contributed by atoms with Crippen LogP contribution in [0.3, 0.4) is 0 Å². The topological polar surface area (TPSA) is 72.5 Å². The molecule has 0 spiro atoms. The summed E-state index contributed by atoms with van der Waals surface area (Å²) in [6.07, 6.45) is 0. The van der Waals surface area contributed by atoms with Gasteiger partial charge in [0, 0.05) is 10.0 Å². The minimum atomic E-state index is -3.47. The Kier molecular flexibility index (Phi) is 7.06. The number of benzene rings is 3. The van der Waals surface area contributed by atoms with Crippen LogP contribution in [-0.2, 0) is 15.6 Å². The molecular weight excluding hydrogens is 454 g/mol. The Labute approximate surface area is 178 Å². The number of rotatable bonds is 8. The number of amides is 1. The quantitative estimate of drug-likeness (QED) is 0.496. The van der Waals surface area contributed by atoms with Crippen molar-refractivity contribution in [3.05, 3.63) is 94.5 Å². The van der Waals surface area contributed by atoms with Crippen molar-refractivity contribution in [3.8, 4) is 5.75 Å². The average molecular weight is 474 g/mol. The van der Waals surface area contributed by atoms with Crippen LogP contribution in [0.5, 0.6) is 5.75 Å². The van der Waals surface area contributed by atoms with Crippen molar-refractivity contribution in [2.24, 2.45) is 0 Å². The zero-order valence-electron chi connectivity index (χ0n) is 15.5. The summed E-state index contributed by atoms with van der Waals surface area (Å²) in [5, 5.41) is 2.78. The van der Waals surface area contributed by atoms with Crippen LogP contribution in [0.4, 0.5) is 0 Å². The van der Waals surface area contributed by atoms with Crippen molar-refractivity contribution in [3.63, 3.8) is 0 Å². The Bertz CT molecular complexity index is 1080. The van der Waals surface area contributed by atoms with Crippen molar-refractivity contribution < 1.29 is 17.9 Å². The first-order valence-corrected chi connectivity index (χ1v) is 11.4. The molecule has 29 heavy (non-hydrogen) atoms. The predicted molar refractivity (Wildman–Crippen MR) is 116 cm³/mol.